The number of halogens is 2. The second-order valence-corrected chi connectivity index (χ2v) is 7.49. The first-order valence-electron chi connectivity index (χ1n) is 6.21. The minimum absolute atomic E-state index is 0.00149. The molecule has 0 saturated carbocycles. The number of benzene rings is 1. The number of nitrogens with one attached hydrogen (secondary N) is 1. The molecule has 4 nitrogen and oxygen atoms in total. The van der Waals surface area contributed by atoms with Gasteiger partial charge < -0.3 is 5.11 Å². The van der Waals surface area contributed by atoms with E-state index in [1.54, 1.807) is 33.8 Å². The van der Waals surface area contributed by atoms with Crippen LogP contribution in [0.2, 0.25) is 10.0 Å². The summed E-state index contributed by atoms with van der Waals surface area (Å²) in [6.07, 6.45) is -0.277. The van der Waals surface area contributed by atoms with E-state index in [0.29, 0.717) is 22.6 Å². The number of hydrogen-bond donors (Lipinski definition) is 2. The minimum Gasteiger partial charge on any atom is -0.393 e. The minimum atomic E-state index is -3.79. The highest BCUT2D eigenvalue weighted by Gasteiger charge is 2.25. The Morgan fingerprint density at radius 1 is 1.30 bits per heavy atom. The molecule has 0 radical (unpaired) electrons. The molecule has 114 valence electrons. The molecule has 0 aliphatic heterocycles. The van der Waals surface area contributed by atoms with Gasteiger partial charge in [-0.05, 0) is 51.3 Å². The van der Waals surface area contributed by atoms with E-state index in [2.05, 4.69) is 4.72 Å². The van der Waals surface area contributed by atoms with E-state index in [9.17, 15) is 13.5 Å². The summed E-state index contributed by atoms with van der Waals surface area (Å²) in [5, 5.41) is 9.83. The fourth-order valence-corrected chi connectivity index (χ4v) is 4.49. The van der Waals surface area contributed by atoms with Gasteiger partial charge in [0.05, 0.1) is 11.1 Å². The maximum Gasteiger partial charge on any atom is 0.242 e. The lowest BCUT2D eigenvalue weighted by Crippen LogP contribution is -2.35. The molecular weight excluding hydrogens is 321 g/mol. The smallest absolute Gasteiger partial charge is 0.242 e. The molecule has 0 bridgehead atoms. The summed E-state index contributed by atoms with van der Waals surface area (Å²) in [6, 6.07) is 1.23. The van der Waals surface area contributed by atoms with Gasteiger partial charge in [-0.1, -0.05) is 23.2 Å². The fourth-order valence-electron chi connectivity index (χ4n) is 2.02. The van der Waals surface area contributed by atoms with Crippen molar-refractivity contribution in [3.63, 3.8) is 0 Å². The molecule has 20 heavy (non-hydrogen) atoms. The van der Waals surface area contributed by atoms with Gasteiger partial charge in [0.1, 0.15) is 4.90 Å². The van der Waals surface area contributed by atoms with E-state index < -0.39 is 22.2 Å². The lowest BCUT2D eigenvalue weighted by molar-refractivity contribution is 0.175. The molecule has 0 aromatic heterocycles. The van der Waals surface area contributed by atoms with Crippen LogP contribution < -0.4 is 4.72 Å². The predicted molar refractivity (Wildman–Crippen MR) is 82.0 cm³/mol. The van der Waals surface area contributed by atoms with E-state index in [1.807, 2.05) is 0 Å². The number of aryl methyl sites for hydroxylation is 1. The summed E-state index contributed by atoms with van der Waals surface area (Å²) in [7, 11) is -3.79. The summed E-state index contributed by atoms with van der Waals surface area (Å²) < 4.78 is 27.4. The fraction of sp³-hybridized carbons (Fsp3) is 0.538. The van der Waals surface area contributed by atoms with Gasteiger partial charge >= 0.3 is 0 Å². The standard InChI is InChI=1S/C13H19Cl2NO3S/c1-7-5-11(14)10(4)13(12(7)15)20(18,19)16-8(2)6-9(3)17/h5,8-9,16-17H,6H2,1-4H3. The zero-order valence-electron chi connectivity index (χ0n) is 11.9. The summed E-state index contributed by atoms with van der Waals surface area (Å²) in [5.41, 5.74) is 1.02. The predicted octanol–water partition coefficient (Wildman–Crippen LogP) is 3.05. The van der Waals surface area contributed by atoms with Crippen molar-refractivity contribution in [1.29, 1.82) is 0 Å². The van der Waals surface area contributed by atoms with Crippen molar-refractivity contribution >= 4 is 33.2 Å². The van der Waals surface area contributed by atoms with Crippen LogP contribution in [0.3, 0.4) is 0 Å². The summed E-state index contributed by atoms with van der Waals surface area (Å²) in [4.78, 5) is 0.00149. The highest BCUT2D eigenvalue weighted by molar-refractivity contribution is 7.89. The molecule has 0 aliphatic carbocycles. The van der Waals surface area contributed by atoms with Crippen molar-refractivity contribution in [3.05, 3.63) is 27.2 Å². The van der Waals surface area contributed by atoms with Crippen LogP contribution in [-0.4, -0.2) is 25.7 Å². The molecule has 1 rings (SSSR count). The van der Waals surface area contributed by atoms with E-state index in [1.165, 1.54) is 0 Å². The lowest BCUT2D eigenvalue weighted by Gasteiger charge is -2.18. The molecule has 1 aromatic carbocycles. The monoisotopic (exact) mass is 339 g/mol. The average Bonchev–Trinajstić information content (AvgIpc) is 2.24. The maximum atomic E-state index is 12.4. The van der Waals surface area contributed by atoms with Crippen molar-refractivity contribution < 1.29 is 13.5 Å². The van der Waals surface area contributed by atoms with Crippen molar-refractivity contribution in [3.8, 4) is 0 Å². The first-order chi connectivity index (χ1) is 9.06. The Balaban J connectivity index is 3.23. The molecule has 1 aromatic rings. The van der Waals surface area contributed by atoms with Crippen LogP contribution in [0.4, 0.5) is 0 Å². The van der Waals surface area contributed by atoms with Crippen molar-refractivity contribution in [2.45, 2.75) is 51.2 Å². The number of aliphatic hydroxyl groups is 1. The Kier molecular flexibility index (Phi) is 5.87. The highest BCUT2D eigenvalue weighted by Crippen LogP contribution is 2.33. The van der Waals surface area contributed by atoms with Crippen LogP contribution in [-0.2, 0) is 10.0 Å². The number of sulfonamides is 1. The largest absolute Gasteiger partial charge is 0.393 e. The van der Waals surface area contributed by atoms with Crippen LogP contribution in [0.5, 0.6) is 0 Å². The number of rotatable bonds is 5. The third-order valence-electron chi connectivity index (χ3n) is 2.91. The van der Waals surface area contributed by atoms with Gasteiger partial charge in [-0.15, -0.1) is 0 Å². The van der Waals surface area contributed by atoms with Gasteiger partial charge in [-0.2, -0.15) is 0 Å². The van der Waals surface area contributed by atoms with Crippen molar-refractivity contribution in [2.24, 2.45) is 0 Å². The van der Waals surface area contributed by atoms with Gasteiger partial charge in [0.2, 0.25) is 10.0 Å². The Hall–Kier alpha value is -0.330. The molecule has 2 unspecified atom stereocenters. The van der Waals surface area contributed by atoms with E-state index in [4.69, 9.17) is 23.2 Å². The second kappa shape index (κ2) is 6.62. The van der Waals surface area contributed by atoms with Gasteiger partial charge in [0.15, 0.2) is 0 Å². The average molecular weight is 340 g/mol. The number of aliphatic hydroxyl groups excluding tert-OH is 1. The molecule has 0 amide bonds. The first-order valence-corrected chi connectivity index (χ1v) is 8.45. The van der Waals surface area contributed by atoms with Crippen molar-refractivity contribution in [2.75, 3.05) is 0 Å². The molecule has 0 fully saturated rings. The Labute approximate surface area is 130 Å². The molecule has 2 atom stereocenters. The van der Waals surface area contributed by atoms with Gasteiger partial charge in [-0.3, -0.25) is 0 Å². The molecular formula is C13H19Cl2NO3S. The van der Waals surface area contributed by atoms with Crippen LogP contribution in [0.15, 0.2) is 11.0 Å². The van der Waals surface area contributed by atoms with Gasteiger partial charge in [-0.25, -0.2) is 13.1 Å². The van der Waals surface area contributed by atoms with Crippen LogP contribution >= 0.6 is 23.2 Å². The molecule has 0 saturated heterocycles. The normalized spacial score (nSPS) is 15.2. The quantitative estimate of drug-likeness (QED) is 0.866. The Bertz CT molecular complexity index is 574. The summed E-state index contributed by atoms with van der Waals surface area (Å²) in [5.74, 6) is 0. The van der Waals surface area contributed by atoms with E-state index in [0.717, 1.165) is 0 Å². The van der Waals surface area contributed by atoms with E-state index >= 15 is 0 Å². The SMILES string of the molecule is Cc1cc(Cl)c(C)c(S(=O)(=O)NC(C)CC(C)O)c1Cl. The van der Waals surface area contributed by atoms with Crippen LogP contribution in [0.25, 0.3) is 0 Å². The van der Waals surface area contributed by atoms with Crippen molar-refractivity contribution in [1.82, 2.24) is 4.72 Å². The van der Waals surface area contributed by atoms with E-state index in [-0.39, 0.29) is 9.92 Å². The molecule has 7 heteroatoms. The summed E-state index contributed by atoms with van der Waals surface area (Å²) in [6.45, 7) is 6.60. The van der Waals surface area contributed by atoms with Gasteiger partial charge in [0, 0.05) is 11.1 Å². The molecule has 0 spiro atoms. The molecule has 0 aliphatic rings. The zero-order valence-corrected chi connectivity index (χ0v) is 14.2. The lowest BCUT2D eigenvalue weighted by atomic mass is 10.2. The molecule has 2 N–H and O–H groups in total. The van der Waals surface area contributed by atoms with Gasteiger partial charge in [0.25, 0.3) is 0 Å². The van der Waals surface area contributed by atoms with Crippen LogP contribution in [0, 0.1) is 13.8 Å². The Morgan fingerprint density at radius 2 is 1.85 bits per heavy atom. The summed E-state index contributed by atoms with van der Waals surface area (Å²) >= 11 is 12.1. The molecule has 0 heterocycles. The second-order valence-electron chi connectivity index (χ2n) is 5.05. The van der Waals surface area contributed by atoms with Crippen LogP contribution in [0.1, 0.15) is 31.4 Å². The number of hydrogen-bond acceptors (Lipinski definition) is 3. The topological polar surface area (TPSA) is 66.4 Å². The first kappa shape index (κ1) is 17.7. The maximum absolute atomic E-state index is 12.4. The highest BCUT2D eigenvalue weighted by atomic mass is 35.5. The third-order valence-corrected chi connectivity index (χ3v) is 5.66. The third kappa shape index (κ3) is 4.09. The zero-order chi connectivity index (χ0) is 15.7. The Morgan fingerprint density at radius 3 is 2.35 bits per heavy atom.